The molecular formula is C11H11NO4. The monoisotopic (exact) mass is 221 g/mol. The van der Waals surface area contributed by atoms with Gasteiger partial charge >= 0.3 is 5.97 Å². The van der Waals surface area contributed by atoms with E-state index in [2.05, 4.69) is 4.74 Å². The standard InChI is InChI=1S/C11H11NO4/c1-12-7-5-10(14)9(13)4-6(7)3-8(12)11(15)16-2/h3-5,13-14H,1-2H3. The number of hydrogen-bond acceptors (Lipinski definition) is 4. The van der Waals surface area contributed by atoms with Crippen LogP contribution in [0.5, 0.6) is 11.5 Å². The van der Waals surface area contributed by atoms with Gasteiger partial charge in [0.25, 0.3) is 0 Å². The molecule has 1 aromatic carbocycles. The van der Waals surface area contributed by atoms with Crippen LogP contribution in [0.4, 0.5) is 0 Å². The molecule has 0 saturated heterocycles. The van der Waals surface area contributed by atoms with Crippen LogP contribution in [0.1, 0.15) is 10.5 Å². The molecule has 1 heterocycles. The molecule has 0 bridgehead atoms. The molecule has 0 aliphatic heterocycles. The molecular weight excluding hydrogens is 210 g/mol. The highest BCUT2D eigenvalue weighted by Gasteiger charge is 2.15. The van der Waals surface area contributed by atoms with Gasteiger partial charge in [-0.3, -0.25) is 0 Å². The average molecular weight is 221 g/mol. The molecule has 2 rings (SSSR count). The molecule has 0 unspecified atom stereocenters. The minimum atomic E-state index is -0.460. The third-order valence-electron chi connectivity index (χ3n) is 2.53. The van der Waals surface area contributed by atoms with Gasteiger partial charge in [0.1, 0.15) is 5.69 Å². The quantitative estimate of drug-likeness (QED) is 0.563. The minimum Gasteiger partial charge on any atom is -0.504 e. The molecule has 5 heteroatoms. The Morgan fingerprint density at radius 2 is 1.88 bits per heavy atom. The number of carbonyl (C=O) groups excluding carboxylic acids is 1. The summed E-state index contributed by atoms with van der Waals surface area (Å²) in [6, 6.07) is 4.40. The Hall–Kier alpha value is -2.17. The maximum atomic E-state index is 11.4. The maximum Gasteiger partial charge on any atom is 0.354 e. The lowest BCUT2D eigenvalue weighted by Gasteiger charge is -2.02. The number of methoxy groups -OCH3 is 1. The van der Waals surface area contributed by atoms with Crippen molar-refractivity contribution in [1.82, 2.24) is 4.57 Å². The third kappa shape index (κ3) is 1.37. The summed E-state index contributed by atoms with van der Waals surface area (Å²) >= 11 is 0. The highest BCUT2D eigenvalue weighted by atomic mass is 16.5. The molecule has 0 aliphatic rings. The lowest BCUT2D eigenvalue weighted by molar-refractivity contribution is 0.0590. The Balaban J connectivity index is 2.73. The van der Waals surface area contributed by atoms with E-state index in [0.29, 0.717) is 16.6 Å². The zero-order valence-electron chi connectivity index (χ0n) is 8.89. The summed E-state index contributed by atoms with van der Waals surface area (Å²) in [5, 5.41) is 19.4. The van der Waals surface area contributed by atoms with Gasteiger partial charge in [0.15, 0.2) is 11.5 Å². The van der Waals surface area contributed by atoms with Gasteiger partial charge in [-0.05, 0) is 12.1 Å². The van der Waals surface area contributed by atoms with Crippen molar-refractivity contribution in [3.05, 3.63) is 23.9 Å². The third-order valence-corrected chi connectivity index (χ3v) is 2.53. The van der Waals surface area contributed by atoms with E-state index in [4.69, 9.17) is 0 Å². The number of ether oxygens (including phenoxy) is 1. The van der Waals surface area contributed by atoms with E-state index in [1.807, 2.05) is 0 Å². The second-order valence-electron chi connectivity index (χ2n) is 3.48. The van der Waals surface area contributed by atoms with Gasteiger partial charge in [-0.15, -0.1) is 0 Å². The van der Waals surface area contributed by atoms with Crippen molar-refractivity contribution >= 4 is 16.9 Å². The number of rotatable bonds is 1. The molecule has 0 spiro atoms. The van der Waals surface area contributed by atoms with E-state index >= 15 is 0 Å². The fourth-order valence-electron chi connectivity index (χ4n) is 1.66. The van der Waals surface area contributed by atoms with Crippen LogP contribution >= 0.6 is 0 Å². The first kappa shape index (κ1) is 10.4. The fourth-order valence-corrected chi connectivity index (χ4v) is 1.66. The van der Waals surface area contributed by atoms with Crippen molar-refractivity contribution in [2.45, 2.75) is 0 Å². The zero-order chi connectivity index (χ0) is 11.9. The lowest BCUT2D eigenvalue weighted by Crippen LogP contribution is -2.06. The van der Waals surface area contributed by atoms with E-state index in [0.717, 1.165) is 0 Å². The SMILES string of the molecule is COC(=O)c1cc2cc(O)c(O)cc2n1C. The van der Waals surface area contributed by atoms with E-state index in [1.165, 1.54) is 19.2 Å². The second-order valence-corrected chi connectivity index (χ2v) is 3.48. The number of benzene rings is 1. The smallest absolute Gasteiger partial charge is 0.354 e. The molecule has 0 atom stereocenters. The average Bonchev–Trinajstić information content (AvgIpc) is 2.56. The van der Waals surface area contributed by atoms with Gasteiger partial charge in [0.05, 0.1) is 12.6 Å². The molecule has 2 aromatic rings. The van der Waals surface area contributed by atoms with Crippen LogP contribution in [-0.4, -0.2) is 27.9 Å². The molecule has 0 saturated carbocycles. The van der Waals surface area contributed by atoms with Crippen LogP contribution in [-0.2, 0) is 11.8 Å². The maximum absolute atomic E-state index is 11.4. The molecule has 0 radical (unpaired) electrons. The van der Waals surface area contributed by atoms with Crippen molar-refractivity contribution in [2.24, 2.45) is 7.05 Å². The predicted molar refractivity (Wildman–Crippen MR) is 57.6 cm³/mol. The number of fused-ring (bicyclic) bond motifs is 1. The van der Waals surface area contributed by atoms with E-state index in [1.54, 1.807) is 17.7 Å². The number of nitrogens with zero attached hydrogens (tertiary/aromatic N) is 1. The van der Waals surface area contributed by atoms with Crippen LogP contribution in [0.2, 0.25) is 0 Å². The number of phenols is 2. The minimum absolute atomic E-state index is 0.213. The summed E-state index contributed by atoms with van der Waals surface area (Å²) in [4.78, 5) is 11.4. The van der Waals surface area contributed by atoms with Gasteiger partial charge < -0.3 is 19.5 Å². The Labute approximate surface area is 91.5 Å². The van der Waals surface area contributed by atoms with Gasteiger partial charge in [0, 0.05) is 18.5 Å². The van der Waals surface area contributed by atoms with Crippen molar-refractivity contribution in [1.29, 1.82) is 0 Å². The fraction of sp³-hybridized carbons (Fsp3) is 0.182. The van der Waals surface area contributed by atoms with Crippen molar-refractivity contribution in [3.8, 4) is 11.5 Å². The molecule has 84 valence electrons. The number of phenolic OH excluding ortho intramolecular Hbond substituents is 2. The van der Waals surface area contributed by atoms with Crippen LogP contribution in [0.3, 0.4) is 0 Å². The second kappa shape index (κ2) is 3.44. The highest BCUT2D eigenvalue weighted by Crippen LogP contribution is 2.31. The van der Waals surface area contributed by atoms with Crippen molar-refractivity contribution in [2.75, 3.05) is 7.11 Å². The summed E-state index contributed by atoms with van der Waals surface area (Å²) in [6.07, 6.45) is 0. The predicted octanol–water partition coefficient (Wildman–Crippen LogP) is 1.38. The molecule has 1 aromatic heterocycles. The zero-order valence-corrected chi connectivity index (χ0v) is 8.89. The summed E-state index contributed by atoms with van der Waals surface area (Å²) in [7, 11) is 2.99. The van der Waals surface area contributed by atoms with Crippen LogP contribution in [0.15, 0.2) is 18.2 Å². The first-order chi connectivity index (χ1) is 7.54. The Kier molecular flexibility index (Phi) is 2.23. The number of aromatic nitrogens is 1. The van der Waals surface area contributed by atoms with Crippen LogP contribution in [0.25, 0.3) is 10.9 Å². The first-order valence-corrected chi connectivity index (χ1v) is 4.64. The number of hydrogen-bond donors (Lipinski definition) is 2. The van der Waals surface area contributed by atoms with Gasteiger partial charge in [-0.25, -0.2) is 4.79 Å². The summed E-state index contributed by atoms with van der Waals surface area (Å²) in [5.41, 5.74) is 1.01. The topological polar surface area (TPSA) is 71.7 Å². The Bertz CT molecular complexity index is 571. The molecule has 5 nitrogen and oxygen atoms in total. The largest absolute Gasteiger partial charge is 0.504 e. The van der Waals surface area contributed by atoms with Crippen LogP contribution < -0.4 is 0 Å². The molecule has 16 heavy (non-hydrogen) atoms. The lowest BCUT2D eigenvalue weighted by atomic mass is 10.2. The molecule has 0 aliphatic carbocycles. The summed E-state index contributed by atoms with van der Waals surface area (Å²) in [6.45, 7) is 0. The molecule has 0 amide bonds. The Morgan fingerprint density at radius 3 is 2.50 bits per heavy atom. The highest BCUT2D eigenvalue weighted by molar-refractivity contribution is 5.96. The normalized spacial score (nSPS) is 10.6. The van der Waals surface area contributed by atoms with E-state index in [9.17, 15) is 15.0 Å². The molecule has 2 N–H and O–H groups in total. The summed E-state index contributed by atoms with van der Waals surface area (Å²) in [5.74, 6) is -0.891. The number of carbonyl (C=O) groups is 1. The summed E-state index contributed by atoms with van der Waals surface area (Å²) < 4.78 is 6.22. The number of aromatic hydroxyl groups is 2. The van der Waals surface area contributed by atoms with Crippen molar-refractivity contribution in [3.63, 3.8) is 0 Å². The number of aryl methyl sites for hydroxylation is 1. The van der Waals surface area contributed by atoms with E-state index in [-0.39, 0.29) is 11.5 Å². The van der Waals surface area contributed by atoms with E-state index < -0.39 is 5.97 Å². The van der Waals surface area contributed by atoms with Crippen LogP contribution in [0, 0.1) is 0 Å². The van der Waals surface area contributed by atoms with Gasteiger partial charge in [-0.2, -0.15) is 0 Å². The molecule has 0 fully saturated rings. The van der Waals surface area contributed by atoms with Gasteiger partial charge in [0.2, 0.25) is 0 Å². The Morgan fingerprint density at radius 1 is 1.25 bits per heavy atom. The van der Waals surface area contributed by atoms with Crippen molar-refractivity contribution < 1.29 is 19.7 Å². The number of esters is 1. The first-order valence-electron chi connectivity index (χ1n) is 4.64. The van der Waals surface area contributed by atoms with Gasteiger partial charge in [-0.1, -0.05) is 0 Å².